The van der Waals surface area contributed by atoms with Gasteiger partial charge in [-0.2, -0.15) is 4.31 Å². The summed E-state index contributed by atoms with van der Waals surface area (Å²) in [5, 5.41) is 6.93. The lowest BCUT2D eigenvalue weighted by Crippen LogP contribution is -2.57. The minimum absolute atomic E-state index is 0.131. The number of hydrogen-bond acceptors (Lipinski definition) is 7. The molecule has 44 heavy (non-hydrogen) atoms. The Bertz CT molecular complexity index is 1390. The molecule has 2 aromatic rings. The maximum absolute atomic E-state index is 15.2. The molecule has 1 saturated carbocycles. The molecule has 3 heterocycles. The minimum Gasteiger partial charge on any atom is -0.376 e. The molecular formula is C32H45ClFN5O4S. The van der Waals surface area contributed by atoms with E-state index in [-0.39, 0.29) is 54.0 Å². The van der Waals surface area contributed by atoms with E-state index in [1.54, 1.807) is 4.31 Å². The molecule has 12 heteroatoms. The summed E-state index contributed by atoms with van der Waals surface area (Å²) in [5.74, 6) is -0.948. The second kappa shape index (κ2) is 14.5. The van der Waals surface area contributed by atoms with E-state index in [1.807, 2.05) is 38.1 Å². The van der Waals surface area contributed by atoms with Gasteiger partial charge in [0.15, 0.2) is 0 Å². The van der Waals surface area contributed by atoms with Crippen LogP contribution in [-0.2, 0) is 26.0 Å². The first-order valence-electron chi connectivity index (χ1n) is 15.8. The number of halogens is 2. The van der Waals surface area contributed by atoms with Crippen molar-refractivity contribution in [2.45, 2.75) is 101 Å². The molecule has 1 amide bonds. The van der Waals surface area contributed by atoms with E-state index < -0.39 is 27.8 Å². The van der Waals surface area contributed by atoms with Crippen LogP contribution in [0.3, 0.4) is 0 Å². The average Bonchev–Trinajstić information content (AvgIpc) is 3.10. The molecule has 0 radical (unpaired) electrons. The molecule has 4 N–H and O–H groups in total. The van der Waals surface area contributed by atoms with Gasteiger partial charge in [-0.3, -0.25) is 9.78 Å². The Morgan fingerprint density at radius 3 is 2.61 bits per heavy atom. The van der Waals surface area contributed by atoms with Gasteiger partial charge in [0.05, 0.1) is 42.1 Å². The Balaban J connectivity index is 1.31. The van der Waals surface area contributed by atoms with Gasteiger partial charge < -0.3 is 21.1 Å². The number of amides is 1. The number of carbonyl (C=O) groups is 1. The van der Waals surface area contributed by atoms with Crippen LogP contribution in [0.25, 0.3) is 0 Å². The van der Waals surface area contributed by atoms with E-state index in [2.05, 4.69) is 15.6 Å². The highest BCUT2D eigenvalue weighted by atomic mass is 35.5. The van der Waals surface area contributed by atoms with E-state index in [0.717, 1.165) is 43.9 Å². The molecule has 9 nitrogen and oxygen atoms in total. The Morgan fingerprint density at radius 1 is 1.18 bits per heavy atom. The molecule has 0 spiro atoms. The molecule has 2 bridgehead atoms. The highest BCUT2D eigenvalue weighted by Gasteiger charge is 2.39. The van der Waals surface area contributed by atoms with Crippen molar-refractivity contribution < 1.29 is 22.3 Å². The standard InChI is InChI=1S/C32H45ClFN5O4S/c1-20(2)43-26-12-7-22(8-13-26)30(21-5-9-23(33)10-6-21)31(35)32(40)38-29-18-36-17-28(34)27(29)14-11-25-16-37-24-4-3-15-44(41,42)39(25)19-24/h5-6,9-10,17-18,20,22,24-26,30-31,37H,3-4,7-8,11-16,19,35H2,1-2H3,(H,38,40)/t22?,24-,25?,26?,30+,31+/m1/s1. The van der Waals surface area contributed by atoms with Gasteiger partial charge in [-0.05, 0) is 88.8 Å². The zero-order valence-electron chi connectivity index (χ0n) is 25.6. The molecule has 3 fully saturated rings. The summed E-state index contributed by atoms with van der Waals surface area (Å²) in [7, 11) is -3.37. The number of anilines is 1. The second-order valence-electron chi connectivity index (χ2n) is 12.8. The average molecular weight is 650 g/mol. The number of aromatic nitrogens is 1. The van der Waals surface area contributed by atoms with Crippen LogP contribution in [0.15, 0.2) is 36.7 Å². The third-order valence-corrected chi connectivity index (χ3v) is 11.6. The zero-order valence-corrected chi connectivity index (χ0v) is 27.1. The summed E-state index contributed by atoms with van der Waals surface area (Å²) in [6, 6.07) is 6.41. The van der Waals surface area contributed by atoms with Crippen molar-refractivity contribution in [3.8, 4) is 0 Å². The van der Waals surface area contributed by atoms with E-state index in [0.29, 0.717) is 36.5 Å². The SMILES string of the molecule is CC(C)OC1CCC([C@H](c2ccc(Cl)cc2)[C@H](N)C(=O)Nc2cncc(F)c2CCC2CN[C@@H]3CCCS(=O)(=O)N2C3)CC1. The summed E-state index contributed by atoms with van der Waals surface area (Å²) in [5.41, 5.74) is 8.22. The largest absolute Gasteiger partial charge is 0.376 e. The molecule has 1 aliphatic carbocycles. The molecule has 242 valence electrons. The number of ether oxygens (including phenoxy) is 1. The van der Waals surface area contributed by atoms with Crippen LogP contribution in [0.2, 0.25) is 5.02 Å². The predicted octanol–water partition coefficient (Wildman–Crippen LogP) is 4.61. The Morgan fingerprint density at radius 2 is 1.91 bits per heavy atom. The summed E-state index contributed by atoms with van der Waals surface area (Å²) in [6.07, 6.45) is 8.53. The fourth-order valence-corrected chi connectivity index (χ4v) is 9.12. The van der Waals surface area contributed by atoms with Crippen LogP contribution < -0.4 is 16.4 Å². The lowest BCUT2D eigenvalue weighted by molar-refractivity contribution is -0.118. The summed E-state index contributed by atoms with van der Waals surface area (Å²) in [6.45, 7) is 5.02. The summed E-state index contributed by atoms with van der Waals surface area (Å²) < 4.78 is 48.6. The van der Waals surface area contributed by atoms with E-state index in [9.17, 15) is 13.2 Å². The summed E-state index contributed by atoms with van der Waals surface area (Å²) >= 11 is 6.18. The first kappa shape index (κ1) is 33.2. The molecule has 2 unspecified atom stereocenters. The lowest BCUT2D eigenvalue weighted by atomic mass is 9.72. The van der Waals surface area contributed by atoms with E-state index >= 15 is 4.39 Å². The Kier molecular flexibility index (Phi) is 11.0. The van der Waals surface area contributed by atoms with E-state index in [4.69, 9.17) is 22.1 Å². The van der Waals surface area contributed by atoms with Gasteiger partial charge >= 0.3 is 0 Å². The van der Waals surface area contributed by atoms with Crippen LogP contribution in [0, 0.1) is 11.7 Å². The molecule has 1 aromatic heterocycles. The van der Waals surface area contributed by atoms with Gasteiger partial charge in [0.25, 0.3) is 0 Å². The third-order valence-electron chi connectivity index (χ3n) is 9.39. The number of nitrogens with one attached hydrogen (secondary N) is 2. The maximum atomic E-state index is 15.2. The van der Waals surface area contributed by atoms with Crippen molar-refractivity contribution >= 4 is 33.2 Å². The number of nitrogens with two attached hydrogens (primary N) is 1. The van der Waals surface area contributed by atoms with Gasteiger partial charge in [-0.15, -0.1) is 0 Å². The van der Waals surface area contributed by atoms with Gasteiger partial charge in [0.2, 0.25) is 15.9 Å². The highest BCUT2D eigenvalue weighted by Crippen LogP contribution is 2.39. The molecule has 1 aromatic carbocycles. The quantitative estimate of drug-likeness (QED) is 0.343. The van der Waals surface area contributed by atoms with Crippen LogP contribution in [0.5, 0.6) is 0 Å². The van der Waals surface area contributed by atoms with Crippen LogP contribution in [0.1, 0.15) is 75.8 Å². The van der Waals surface area contributed by atoms with Crippen molar-refractivity contribution in [2.24, 2.45) is 11.7 Å². The molecule has 2 saturated heterocycles. The fourth-order valence-electron chi connectivity index (χ4n) is 7.18. The number of benzene rings is 1. The second-order valence-corrected chi connectivity index (χ2v) is 15.3. The molecule has 5 rings (SSSR count). The minimum atomic E-state index is -3.37. The first-order chi connectivity index (χ1) is 21.0. The number of carbonyl (C=O) groups excluding carboxylic acids is 1. The smallest absolute Gasteiger partial charge is 0.241 e. The van der Waals surface area contributed by atoms with Crippen LogP contribution >= 0.6 is 11.6 Å². The number of pyridine rings is 1. The van der Waals surface area contributed by atoms with Gasteiger partial charge in [-0.1, -0.05) is 23.7 Å². The van der Waals surface area contributed by atoms with Crippen LogP contribution in [-0.4, -0.2) is 72.8 Å². The van der Waals surface area contributed by atoms with Crippen molar-refractivity contribution in [1.29, 1.82) is 0 Å². The molecule has 5 atom stereocenters. The number of nitrogens with zero attached hydrogens (tertiary/aromatic N) is 2. The fraction of sp³-hybridized carbons (Fsp3) is 0.625. The number of hydrogen-bond donors (Lipinski definition) is 3. The predicted molar refractivity (Wildman–Crippen MR) is 171 cm³/mol. The van der Waals surface area contributed by atoms with Crippen molar-refractivity contribution in [2.75, 3.05) is 24.2 Å². The number of sulfonamides is 1. The molecule has 3 aliphatic rings. The molecule has 2 aliphatic heterocycles. The lowest BCUT2D eigenvalue weighted by Gasteiger charge is -2.37. The third kappa shape index (κ3) is 7.97. The zero-order chi connectivity index (χ0) is 31.4. The van der Waals surface area contributed by atoms with Gasteiger partial charge in [0.1, 0.15) is 5.82 Å². The van der Waals surface area contributed by atoms with Crippen LogP contribution in [0.4, 0.5) is 10.1 Å². The van der Waals surface area contributed by atoms with Gasteiger partial charge in [-0.25, -0.2) is 12.8 Å². The number of fused-ring (bicyclic) bond motifs is 2. The maximum Gasteiger partial charge on any atom is 0.241 e. The monoisotopic (exact) mass is 649 g/mol. The Hall–Kier alpha value is -2.15. The van der Waals surface area contributed by atoms with Crippen molar-refractivity contribution in [3.05, 3.63) is 58.6 Å². The van der Waals surface area contributed by atoms with E-state index in [1.165, 1.54) is 6.20 Å². The topological polar surface area (TPSA) is 127 Å². The van der Waals surface area contributed by atoms with Gasteiger partial charge in [0, 0.05) is 41.7 Å². The normalized spacial score (nSPS) is 28.2. The first-order valence-corrected chi connectivity index (χ1v) is 17.8. The summed E-state index contributed by atoms with van der Waals surface area (Å²) in [4.78, 5) is 17.7. The number of piperazine rings is 1. The molecular weight excluding hydrogens is 605 g/mol. The highest BCUT2D eigenvalue weighted by molar-refractivity contribution is 7.89. The number of rotatable bonds is 10. The Labute approximate surface area is 265 Å². The van der Waals surface area contributed by atoms with Crippen molar-refractivity contribution in [1.82, 2.24) is 14.6 Å². The van der Waals surface area contributed by atoms with Crippen molar-refractivity contribution in [3.63, 3.8) is 0 Å².